The number of benzene rings is 1. The van der Waals surface area contributed by atoms with Crippen LogP contribution in [0.1, 0.15) is 32.1 Å². The summed E-state index contributed by atoms with van der Waals surface area (Å²) in [6.07, 6.45) is 5.48. The van der Waals surface area contributed by atoms with E-state index in [0.29, 0.717) is 18.5 Å². The molecular formula is C21H31N3O2. The van der Waals surface area contributed by atoms with Crippen LogP contribution in [0.5, 0.6) is 0 Å². The topological polar surface area (TPSA) is 36.0 Å². The van der Waals surface area contributed by atoms with Gasteiger partial charge in [0.15, 0.2) is 0 Å². The van der Waals surface area contributed by atoms with Crippen molar-refractivity contribution in [1.29, 1.82) is 0 Å². The van der Waals surface area contributed by atoms with Crippen LogP contribution in [0.25, 0.3) is 0 Å². The summed E-state index contributed by atoms with van der Waals surface area (Å²) in [5, 5.41) is 0. The van der Waals surface area contributed by atoms with Crippen molar-refractivity contribution in [2.24, 2.45) is 0 Å². The zero-order chi connectivity index (χ0) is 18.0. The molecule has 0 N–H and O–H groups in total. The second kappa shape index (κ2) is 7.57. The van der Waals surface area contributed by atoms with Crippen LogP contribution in [0.3, 0.4) is 0 Å². The molecule has 0 radical (unpaired) electrons. The van der Waals surface area contributed by atoms with Gasteiger partial charge >= 0.3 is 0 Å². The fourth-order valence-corrected chi connectivity index (χ4v) is 4.69. The smallest absolute Gasteiger partial charge is 0.236 e. The zero-order valence-electron chi connectivity index (χ0n) is 15.9. The lowest BCUT2D eigenvalue weighted by Gasteiger charge is -2.39. The van der Waals surface area contributed by atoms with E-state index in [1.54, 1.807) is 0 Å². The van der Waals surface area contributed by atoms with Crippen molar-refractivity contribution in [3.05, 3.63) is 30.3 Å². The lowest BCUT2D eigenvalue weighted by molar-refractivity contribution is -0.136. The number of para-hydroxylation sites is 1. The average Bonchev–Trinajstić information content (AvgIpc) is 3.33. The molecular weight excluding hydrogens is 326 g/mol. The molecule has 0 saturated carbocycles. The number of rotatable bonds is 4. The Balaban J connectivity index is 1.29. The van der Waals surface area contributed by atoms with Gasteiger partial charge in [-0.3, -0.25) is 9.69 Å². The highest BCUT2D eigenvalue weighted by Crippen LogP contribution is 2.38. The van der Waals surface area contributed by atoms with Crippen LogP contribution in [-0.4, -0.2) is 73.7 Å². The molecule has 0 bridgehead atoms. The lowest BCUT2D eigenvalue weighted by Crippen LogP contribution is -2.49. The average molecular weight is 357 g/mol. The fraction of sp³-hybridized carbons (Fsp3) is 0.667. The molecule has 0 unspecified atom stereocenters. The molecule has 4 rings (SSSR count). The van der Waals surface area contributed by atoms with Crippen LogP contribution in [-0.2, 0) is 9.53 Å². The van der Waals surface area contributed by atoms with Crippen molar-refractivity contribution >= 4 is 11.6 Å². The predicted molar refractivity (Wildman–Crippen MR) is 103 cm³/mol. The first-order valence-electron chi connectivity index (χ1n) is 10.1. The predicted octanol–water partition coefficient (Wildman–Crippen LogP) is 2.37. The molecule has 142 valence electrons. The van der Waals surface area contributed by atoms with E-state index in [0.717, 1.165) is 52.0 Å². The summed E-state index contributed by atoms with van der Waals surface area (Å²) < 4.78 is 6.31. The fourth-order valence-electron chi connectivity index (χ4n) is 4.69. The third-order valence-electron chi connectivity index (χ3n) is 6.49. The monoisotopic (exact) mass is 357 g/mol. The van der Waals surface area contributed by atoms with E-state index in [1.807, 2.05) is 0 Å². The van der Waals surface area contributed by atoms with Crippen molar-refractivity contribution in [3.8, 4) is 0 Å². The van der Waals surface area contributed by atoms with Crippen LogP contribution in [0.4, 0.5) is 5.69 Å². The van der Waals surface area contributed by atoms with Crippen molar-refractivity contribution in [2.45, 2.75) is 43.7 Å². The lowest BCUT2D eigenvalue weighted by atomic mass is 9.87. The van der Waals surface area contributed by atoms with Gasteiger partial charge in [-0.15, -0.1) is 0 Å². The maximum absolute atomic E-state index is 12.6. The van der Waals surface area contributed by atoms with Gasteiger partial charge in [-0.2, -0.15) is 0 Å². The van der Waals surface area contributed by atoms with Gasteiger partial charge in [-0.1, -0.05) is 18.2 Å². The van der Waals surface area contributed by atoms with Crippen LogP contribution in [0.2, 0.25) is 0 Å². The third-order valence-corrected chi connectivity index (χ3v) is 6.49. The Kier molecular flexibility index (Phi) is 5.18. The summed E-state index contributed by atoms with van der Waals surface area (Å²) >= 11 is 0. The maximum Gasteiger partial charge on any atom is 0.236 e. The number of amides is 1. The Labute approximate surface area is 156 Å². The molecule has 3 saturated heterocycles. The molecule has 5 nitrogen and oxygen atoms in total. The quantitative estimate of drug-likeness (QED) is 0.829. The molecule has 3 heterocycles. The summed E-state index contributed by atoms with van der Waals surface area (Å²) in [6, 6.07) is 11.0. The number of likely N-dealkylation sites (tertiary alicyclic amines) is 2. The summed E-state index contributed by atoms with van der Waals surface area (Å²) in [5.74, 6) is 0.303. The van der Waals surface area contributed by atoms with E-state index >= 15 is 0 Å². The molecule has 0 aliphatic carbocycles. The molecule has 5 heteroatoms. The number of hydrogen-bond donors (Lipinski definition) is 0. The minimum Gasteiger partial charge on any atom is -0.373 e. The van der Waals surface area contributed by atoms with Gasteiger partial charge in [-0.25, -0.2) is 0 Å². The Hall–Kier alpha value is -1.59. The van der Waals surface area contributed by atoms with Crippen molar-refractivity contribution in [1.82, 2.24) is 9.80 Å². The molecule has 1 atom stereocenters. The minimum atomic E-state index is -0.0296. The first kappa shape index (κ1) is 17.8. The van der Waals surface area contributed by atoms with E-state index in [9.17, 15) is 4.79 Å². The van der Waals surface area contributed by atoms with E-state index < -0.39 is 0 Å². The standard InChI is InChI=1S/C21H31N3O2/c1-22(18-7-3-2-4-8-18)19-15-21(26-17-19)9-13-24(14-10-21)20(25)16-23-11-5-6-12-23/h2-4,7-8,19H,5-6,9-17H2,1H3/t19-/m0/s1. The highest BCUT2D eigenvalue weighted by molar-refractivity contribution is 5.78. The van der Waals surface area contributed by atoms with Crippen molar-refractivity contribution in [2.75, 3.05) is 51.3 Å². The van der Waals surface area contributed by atoms with Gasteiger partial charge in [0.25, 0.3) is 0 Å². The first-order valence-corrected chi connectivity index (χ1v) is 10.1. The van der Waals surface area contributed by atoms with Gasteiger partial charge in [0.2, 0.25) is 5.91 Å². The Morgan fingerprint density at radius 3 is 2.54 bits per heavy atom. The van der Waals surface area contributed by atoms with Gasteiger partial charge in [0.05, 0.1) is 24.8 Å². The number of ether oxygens (including phenoxy) is 1. The summed E-state index contributed by atoms with van der Waals surface area (Å²) in [6.45, 7) is 5.24. The van der Waals surface area contributed by atoms with Crippen LogP contribution in [0.15, 0.2) is 30.3 Å². The maximum atomic E-state index is 12.6. The Morgan fingerprint density at radius 1 is 1.15 bits per heavy atom. The number of anilines is 1. The second-order valence-electron chi connectivity index (χ2n) is 8.16. The molecule has 26 heavy (non-hydrogen) atoms. The number of carbonyl (C=O) groups is 1. The Morgan fingerprint density at radius 2 is 1.85 bits per heavy atom. The minimum absolute atomic E-state index is 0.0296. The SMILES string of the molecule is CN(c1ccccc1)[C@@H]1COC2(CCN(C(=O)CN3CCCC3)CC2)C1. The molecule has 1 aromatic rings. The molecule has 1 aromatic carbocycles. The molecule has 3 aliphatic rings. The number of carbonyl (C=O) groups excluding carboxylic acids is 1. The van der Waals surface area contributed by atoms with E-state index in [-0.39, 0.29) is 5.60 Å². The number of piperidine rings is 1. The van der Waals surface area contributed by atoms with Crippen LogP contribution in [0, 0.1) is 0 Å². The zero-order valence-corrected chi connectivity index (χ0v) is 15.9. The van der Waals surface area contributed by atoms with Crippen LogP contribution >= 0.6 is 0 Å². The normalized spacial score (nSPS) is 25.7. The molecule has 1 spiro atoms. The highest BCUT2D eigenvalue weighted by Gasteiger charge is 2.44. The van der Waals surface area contributed by atoms with Gasteiger partial charge in [0, 0.05) is 25.8 Å². The van der Waals surface area contributed by atoms with Gasteiger partial charge in [-0.05, 0) is 57.3 Å². The first-order chi connectivity index (χ1) is 12.7. The van der Waals surface area contributed by atoms with Crippen LogP contribution < -0.4 is 4.90 Å². The summed E-state index contributed by atoms with van der Waals surface area (Å²) in [5.41, 5.74) is 1.22. The van der Waals surface area contributed by atoms with E-state index in [4.69, 9.17) is 4.74 Å². The number of nitrogens with zero attached hydrogens (tertiary/aromatic N) is 3. The summed E-state index contributed by atoms with van der Waals surface area (Å²) in [4.78, 5) is 19.2. The largest absolute Gasteiger partial charge is 0.373 e. The molecule has 0 aromatic heterocycles. The molecule has 1 amide bonds. The summed E-state index contributed by atoms with van der Waals surface area (Å²) in [7, 11) is 2.16. The number of likely N-dealkylation sites (N-methyl/N-ethyl adjacent to an activating group) is 1. The van der Waals surface area contributed by atoms with Gasteiger partial charge < -0.3 is 14.5 Å². The van der Waals surface area contributed by atoms with Crippen molar-refractivity contribution < 1.29 is 9.53 Å². The van der Waals surface area contributed by atoms with E-state index in [1.165, 1.54) is 18.5 Å². The Bertz CT molecular complexity index is 607. The molecule has 3 aliphatic heterocycles. The number of hydrogen-bond acceptors (Lipinski definition) is 4. The highest BCUT2D eigenvalue weighted by atomic mass is 16.5. The second-order valence-corrected chi connectivity index (χ2v) is 8.16. The van der Waals surface area contributed by atoms with Gasteiger partial charge in [0.1, 0.15) is 0 Å². The molecule has 3 fully saturated rings. The third kappa shape index (κ3) is 3.74. The van der Waals surface area contributed by atoms with E-state index in [2.05, 4.69) is 52.1 Å². The van der Waals surface area contributed by atoms with Crippen molar-refractivity contribution in [3.63, 3.8) is 0 Å².